The topological polar surface area (TPSA) is 56.7 Å². The number of hydrogen-bond acceptors (Lipinski definition) is 5. The van der Waals surface area contributed by atoms with Gasteiger partial charge < -0.3 is 10.0 Å². The van der Waals surface area contributed by atoms with Crippen LogP contribution in [0.3, 0.4) is 0 Å². The summed E-state index contributed by atoms with van der Waals surface area (Å²) in [4.78, 5) is 19.8. The van der Waals surface area contributed by atoms with Gasteiger partial charge in [0.2, 0.25) is 5.91 Å². The maximum absolute atomic E-state index is 11.6. The standard InChI is InChI=1S/C13H23N3O2S/c1-10(2)16(5-6-17)8-11-9-19-12(14-11)7-13(18)15(3)4/h9-10,17H,5-8H2,1-4H3. The highest BCUT2D eigenvalue weighted by molar-refractivity contribution is 7.09. The average molecular weight is 285 g/mol. The first-order valence-electron chi connectivity index (χ1n) is 6.42. The summed E-state index contributed by atoms with van der Waals surface area (Å²) in [5, 5.41) is 11.9. The molecule has 0 bridgehead atoms. The van der Waals surface area contributed by atoms with Gasteiger partial charge >= 0.3 is 0 Å². The van der Waals surface area contributed by atoms with Crippen LogP contribution in [0.2, 0.25) is 0 Å². The second kappa shape index (κ2) is 7.57. The van der Waals surface area contributed by atoms with E-state index in [1.807, 2.05) is 5.38 Å². The molecule has 0 aliphatic heterocycles. The largest absolute Gasteiger partial charge is 0.395 e. The van der Waals surface area contributed by atoms with Crippen molar-refractivity contribution in [2.75, 3.05) is 27.2 Å². The highest BCUT2D eigenvalue weighted by Gasteiger charge is 2.13. The Bertz CT molecular complexity index is 404. The number of aliphatic hydroxyl groups excluding tert-OH is 1. The fourth-order valence-electron chi connectivity index (χ4n) is 1.65. The molecule has 5 nitrogen and oxygen atoms in total. The van der Waals surface area contributed by atoms with Crippen LogP contribution in [-0.4, -0.2) is 59.1 Å². The van der Waals surface area contributed by atoms with E-state index in [9.17, 15) is 4.79 Å². The van der Waals surface area contributed by atoms with Gasteiger partial charge in [0.1, 0.15) is 5.01 Å². The van der Waals surface area contributed by atoms with E-state index < -0.39 is 0 Å². The Labute approximate surface area is 118 Å². The number of hydrogen-bond donors (Lipinski definition) is 1. The van der Waals surface area contributed by atoms with E-state index in [2.05, 4.69) is 23.7 Å². The lowest BCUT2D eigenvalue weighted by Gasteiger charge is -2.24. The Morgan fingerprint density at radius 2 is 2.16 bits per heavy atom. The Morgan fingerprint density at radius 1 is 1.47 bits per heavy atom. The number of rotatable bonds is 7. The van der Waals surface area contributed by atoms with E-state index >= 15 is 0 Å². The van der Waals surface area contributed by atoms with Gasteiger partial charge in [-0.15, -0.1) is 11.3 Å². The molecule has 0 aliphatic carbocycles. The molecule has 1 aromatic rings. The fourth-order valence-corrected chi connectivity index (χ4v) is 2.42. The maximum Gasteiger partial charge on any atom is 0.228 e. The van der Waals surface area contributed by atoms with Crippen LogP contribution in [0.1, 0.15) is 24.5 Å². The highest BCUT2D eigenvalue weighted by atomic mass is 32.1. The second-order valence-corrected chi connectivity index (χ2v) is 5.93. The number of amides is 1. The van der Waals surface area contributed by atoms with Crippen molar-refractivity contribution in [3.05, 3.63) is 16.1 Å². The molecule has 19 heavy (non-hydrogen) atoms. The molecule has 0 atom stereocenters. The molecule has 0 unspecified atom stereocenters. The van der Waals surface area contributed by atoms with Crippen LogP contribution in [0.5, 0.6) is 0 Å². The van der Waals surface area contributed by atoms with Gasteiger partial charge in [0.05, 0.1) is 18.7 Å². The molecule has 0 aliphatic rings. The average Bonchev–Trinajstić information content (AvgIpc) is 2.75. The Balaban J connectivity index is 2.61. The van der Waals surface area contributed by atoms with Crippen LogP contribution in [0.25, 0.3) is 0 Å². The molecule has 1 N–H and O–H groups in total. The predicted molar refractivity (Wildman–Crippen MR) is 77.1 cm³/mol. The van der Waals surface area contributed by atoms with E-state index in [0.717, 1.165) is 10.7 Å². The molecular formula is C13H23N3O2S. The van der Waals surface area contributed by atoms with Gasteiger partial charge in [-0.3, -0.25) is 9.69 Å². The van der Waals surface area contributed by atoms with Crippen LogP contribution < -0.4 is 0 Å². The molecule has 1 amide bonds. The van der Waals surface area contributed by atoms with Gasteiger partial charge in [-0.25, -0.2) is 4.98 Å². The van der Waals surface area contributed by atoms with E-state index in [1.54, 1.807) is 19.0 Å². The van der Waals surface area contributed by atoms with Crippen molar-refractivity contribution in [3.63, 3.8) is 0 Å². The first-order valence-corrected chi connectivity index (χ1v) is 7.30. The zero-order valence-corrected chi connectivity index (χ0v) is 12.9. The minimum Gasteiger partial charge on any atom is -0.395 e. The molecule has 0 radical (unpaired) electrons. The van der Waals surface area contributed by atoms with Crippen molar-refractivity contribution in [1.29, 1.82) is 0 Å². The first kappa shape index (κ1) is 16.1. The number of carbonyl (C=O) groups is 1. The van der Waals surface area contributed by atoms with Gasteiger partial charge in [0.15, 0.2) is 0 Å². The maximum atomic E-state index is 11.6. The van der Waals surface area contributed by atoms with Crippen molar-refractivity contribution in [1.82, 2.24) is 14.8 Å². The molecule has 0 aromatic carbocycles. The lowest BCUT2D eigenvalue weighted by atomic mass is 10.3. The van der Waals surface area contributed by atoms with E-state index in [4.69, 9.17) is 5.11 Å². The van der Waals surface area contributed by atoms with Crippen molar-refractivity contribution in [2.45, 2.75) is 32.9 Å². The number of aromatic nitrogens is 1. The summed E-state index contributed by atoms with van der Waals surface area (Å²) in [6.45, 7) is 5.69. The lowest BCUT2D eigenvalue weighted by molar-refractivity contribution is -0.127. The number of aliphatic hydroxyl groups is 1. The number of likely N-dealkylation sites (N-methyl/N-ethyl adjacent to an activating group) is 1. The summed E-state index contributed by atoms with van der Waals surface area (Å²) in [5.41, 5.74) is 0.966. The van der Waals surface area contributed by atoms with Crippen molar-refractivity contribution < 1.29 is 9.90 Å². The first-order chi connectivity index (χ1) is 8.93. The Hall–Kier alpha value is -0.980. The minimum absolute atomic E-state index is 0.0666. The summed E-state index contributed by atoms with van der Waals surface area (Å²) in [5.74, 6) is 0.0666. The Kier molecular flexibility index (Phi) is 6.41. The SMILES string of the molecule is CC(C)N(CCO)Cc1csc(CC(=O)N(C)C)n1. The summed E-state index contributed by atoms with van der Waals surface area (Å²) < 4.78 is 0. The Morgan fingerprint density at radius 3 is 2.68 bits per heavy atom. The van der Waals surface area contributed by atoms with Crippen molar-refractivity contribution in [2.24, 2.45) is 0 Å². The molecule has 0 saturated carbocycles. The van der Waals surface area contributed by atoms with Gasteiger partial charge in [-0.2, -0.15) is 0 Å². The monoisotopic (exact) mass is 285 g/mol. The van der Waals surface area contributed by atoms with E-state index in [-0.39, 0.29) is 12.5 Å². The second-order valence-electron chi connectivity index (χ2n) is 4.99. The molecule has 0 spiro atoms. The lowest BCUT2D eigenvalue weighted by Crippen LogP contribution is -2.33. The third-order valence-electron chi connectivity index (χ3n) is 2.88. The van der Waals surface area contributed by atoms with Gasteiger partial charge in [-0.05, 0) is 13.8 Å². The molecule has 1 aromatic heterocycles. The van der Waals surface area contributed by atoms with Gasteiger partial charge in [0.25, 0.3) is 0 Å². The zero-order chi connectivity index (χ0) is 14.4. The minimum atomic E-state index is 0.0666. The number of thiazole rings is 1. The number of nitrogens with zero attached hydrogens (tertiary/aromatic N) is 3. The third kappa shape index (κ3) is 5.26. The van der Waals surface area contributed by atoms with Crippen LogP contribution in [0, 0.1) is 0 Å². The summed E-state index contributed by atoms with van der Waals surface area (Å²) in [6, 6.07) is 0.362. The smallest absolute Gasteiger partial charge is 0.228 e. The van der Waals surface area contributed by atoms with Crippen molar-refractivity contribution >= 4 is 17.2 Å². The molecule has 1 rings (SSSR count). The fraction of sp³-hybridized carbons (Fsp3) is 0.692. The molecule has 108 valence electrons. The molecule has 0 fully saturated rings. The summed E-state index contributed by atoms with van der Waals surface area (Å²) in [7, 11) is 3.50. The molecule has 1 heterocycles. The third-order valence-corrected chi connectivity index (χ3v) is 3.78. The molecule has 0 saturated heterocycles. The van der Waals surface area contributed by atoms with Gasteiger partial charge in [-0.1, -0.05) is 0 Å². The summed E-state index contributed by atoms with van der Waals surface area (Å²) >= 11 is 1.52. The van der Waals surface area contributed by atoms with Crippen molar-refractivity contribution in [3.8, 4) is 0 Å². The van der Waals surface area contributed by atoms with Crippen LogP contribution >= 0.6 is 11.3 Å². The zero-order valence-electron chi connectivity index (χ0n) is 12.1. The van der Waals surface area contributed by atoms with Crippen LogP contribution in [0.4, 0.5) is 0 Å². The van der Waals surface area contributed by atoms with E-state index in [1.165, 1.54) is 11.3 Å². The molecule has 6 heteroatoms. The van der Waals surface area contributed by atoms with Crippen LogP contribution in [0.15, 0.2) is 5.38 Å². The summed E-state index contributed by atoms with van der Waals surface area (Å²) in [6.07, 6.45) is 0.360. The predicted octanol–water partition coefficient (Wildman–Crippen LogP) is 0.976. The van der Waals surface area contributed by atoms with E-state index in [0.29, 0.717) is 25.6 Å². The quantitative estimate of drug-likeness (QED) is 0.811. The molecular weight excluding hydrogens is 262 g/mol. The normalized spacial score (nSPS) is 11.3. The highest BCUT2D eigenvalue weighted by Crippen LogP contribution is 2.14. The van der Waals surface area contributed by atoms with Crippen LogP contribution in [-0.2, 0) is 17.8 Å². The number of carbonyl (C=O) groups excluding carboxylic acids is 1. The van der Waals surface area contributed by atoms with Gasteiger partial charge in [0, 0.05) is 38.6 Å².